The highest BCUT2D eigenvalue weighted by atomic mass is 32.3. The van der Waals surface area contributed by atoms with E-state index in [0.717, 1.165) is 11.3 Å². The van der Waals surface area contributed by atoms with Crippen LogP contribution in [-0.4, -0.2) is 65.2 Å². The fraction of sp³-hybridized carbons (Fsp3) is 0.350. The van der Waals surface area contributed by atoms with Crippen LogP contribution in [0, 0.1) is 13.5 Å². The molecular formula is C20H24N4O10S3. The summed E-state index contributed by atoms with van der Waals surface area (Å²) in [6.07, 6.45) is 0. The molecule has 0 aliphatic rings. The van der Waals surface area contributed by atoms with Crippen LogP contribution in [0.15, 0.2) is 57.6 Å². The Morgan fingerprint density at radius 1 is 1.05 bits per heavy atom. The number of sulfone groups is 1. The van der Waals surface area contributed by atoms with Crippen LogP contribution in [0.4, 0.5) is 17.1 Å². The summed E-state index contributed by atoms with van der Waals surface area (Å²) in [5, 5.41) is 19.9. The maximum absolute atomic E-state index is 12.3. The van der Waals surface area contributed by atoms with Crippen molar-refractivity contribution in [2.75, 3.05) is 43.5 Å². The number of rotatable bonds is 16. The van der Waals surface area contributed by atoms with Gasteiger partial charge in [0, 0.05) is 12.2 Å². The van der Waals surface area contributed by atoms with Gasteiger partial charge < -0.3 is 9.74 Å². The van der Waals surface area contributed by atoms with Crippen LogP contribution in [-0.2, 0) is 38.0 Å². The summed E-state index contributed by atoms with van der Waals surface area (Å²) in [7, 11) is -8.56. The molecular weight excluding hydrogens is 552 g/mol. The van der Waals surface area contributed by atoms with Crippen molar-refractivity contribution < 1.29 is 44.4 Å². The second kappa shape index (κ2) is 14.9. The van der Waals surface area contributed by atoms with Crippen molar-refractivity contribution in [3.63, 3.8) is 0 Å². The Morgan fingerprint density at radius 2 is 1.78 bits per heavy atom. The average Bonchev–Trinajstić information content (AvgIpc) is 2.84. The molecule has 2 aromatic rings. The molecule has 0 radical (unpaired) electrons. The van der Waals surface area contributed by atoms with E-state index in [4.69, 9.17) is 20.6 Å². The molecule has 0 heterocycles. The highest BCUT2D eigenvalue weighted by Crippen LogP contribution is 2.27. The first-order valence-electron chi connectivity index (χ1n) is 10.4. The van der Waals surface area contributed by atoms with Gasteiger partial charge in [0.15, 0.2) is 22.2 Å². The third-order valence-corrected chi connectivity index (χ3v) is 7.17. The lowest BCUT2D eigenvalue weighted by Gasteiger charge is -2.23. The molecule has 37 heavy (non-hydrogen) atoms. The second-order valence-electron chi connectivity index (χ2n) is 7.13. The van der Waals surface area contributed by atoms with E-state index in [0.29, 0.717) is 36.8 Å². The summed E-state index contributed by atoms with van der Waals surface area (Å²) in [4.78, 5) is 5.25. The number of azo groups is 1. The normalized spacial score (nSPS) is 12.1. The molecule has 2 rings (SSSR count). The highest BCUT2D eigenvalue weighted by molar-refractivity contribution is 7.91. The maximum Gasteiger partial charge on any atom is 0.397 e. The summed E-state index contributed by atoms with van der Waals surface area (Å²) < 4.78 is 67.5. The van der Waals surface area contributed by atoms with Crippen LogP contribution >= 0.6 is 12.3 Å². The molecule has 0 aliphatic carbocycles. The fourth-order valence-electron chi connectivity index (χ4n) is 2.90. The van der Waals surface area contributed by atoms with Gasteiger partial charge in [0.05, 0.1) is 41.8 Å². The first-order valence-corrected chi connectivity index (χ1v) is 14.1. The third kappa shape index (κ3) is 11.1. The average molecular weight is 577 g/mol. The molecule has 202 valence electrons. The lowest BCUT2D eigenvalue weighted by Crippen LogP contribution is -2.29. The van der Waals surface area contributed by atoms with Gasteiger partial charge >= 0.3 is 10.4 Å². The Labute approximate surface area is 218 Å². The Kier molecular flexibility index (Phi) is 12.3. The Hall–Kier alpha value is -2.66. The smallest absolute Gasteiger partial charge is 0.362 e. The van der Waals surface area contributed by atoms with Gasteiger partial charge in [-0.15, -0.1) is 4.33 Å². The third-order valence-electron chi connectivity index (χ3n) is 4.63. The van der Waals surface area contributed by atoms with Gasteiger partial charge in [-0.1, -0.05) is 5.04 Å². The number of aryl methyl sites for hydroxylation is 1. The van der Waals surface area contributed by atoms with Crippen LogP contribution in [0.5, 0.6) is 0 Å². The van der Waals surface area contributed by atoms with E-state index >= 15 is 0 Å². The summed E-state index contributed by atoms with van der Waals surface area (Å²) in [6, 6.07) is 10.9. The largest absolute Gasteiger partial charge is 0.397 e. The zero-order valence-corrected chi connectivity index (χ0v) is 21.9. The SMILES string of the molecule is [C-]#[N+]CCN(CCOSOOO)c1ccc(N=Nc2ccc(S(=O)(=O)CCOS(=O)(=O)O)cc2)c(C)c1. The second-order valence-corrected chi connectivity index (χ2v) is 10.8. The van der Waals surface area contributed by atoms with Crippen molar-refractivity contribution in [2.24, 2.45) is 10.2 Å². The summed E-state index contributed by atoms with van der Waals surface area (Å²) in [6.45, 7) is 9.58. The number of hydrogen-bond donors (Lipinski definition) is 2. The van der Waals surface area contributed by atoms with E-state index in [1.807, 2.05) is 24.0 Å². The molecule has 0 aliphatic heterocycles. The molecule has 0 fully saturated rings. The van der Waals surface area contributed by atoms with Crippen LogP contribution in [0.25, 0.3) is 4.85 Å². The van der Waals surface area contributed by atoms with E-state index < -0.39 is 32.6 Å². The van der Waals surface area contributed by atoms with Crippen molar-refractivity contribution in [1.29, 1.82) is 0 Å². The topological polar surface area (TPSA) is 178 Å². The van der Waals surface area contributed by atoms with Gasteiger partial charge in [-0.2, -0.15) is 18.6 Å². The standard InChI is InChI=1S/C20H24N4O10S3/c1-16-15-18(24(10-9-21-2)11-12-31-35-34-33-25)5-8-20(16)23-22-17-3-6-19(7-4-17)36(26,27)14-13-32-37(28,29)30/h3-8,15,25H,9-14H2,1H3,(H,28,29,30). The van der Waals surface area contributed by atoms with Gasteiger partial charge in [0.2, 0.25) is 6.54 Å². The molecule has 0 atom stereocenters. The van der Waals surface area contributed by atoms with Gasteiger partial charge in [-0.25, -0.2) is 24.4 Å². The first-order chi connectivity index (χ1) is 17.6. The van der Waals surface area contributed by atoms with Gasteiger partial charge in [-0.3, -0.25) is 8.74 Å². The van der Waals surface area contributed by atoms with Crippen molar-refractivity contribution in [3.05, 3.63) is 59.4 Å². The zero-order chi connectivity index (χ0) is 27.3. The Bertz CT molecular complexity index is 1300. The van der Waals surface area contributed by atoms with E-state index in [1.165, 1.54) is 24.3 Å². The lowest BCUT2D eigenvalue weighted by molar-refractivity contribution is -0.434. The Balaban J connectivity index is 2.05. The molecule has 17 heteroatoms. The number of benzene rings is 2. The number of anilines is 1. The molecule has 0 amide bonds. The molecule has 0 unspecified atom stereocenters. The fourth-order valence-corrected chi connectivity index (χ4v) is 4.60. The minimum Gasteiger partial charge on any atom is -0.362 e. The molecule has 14 nitrogen and oxygen atoms in total. The van der Waals surface area contributed by atoms with Crippen LogP contribution in [0.2, 0.25) is 0 Å². The lowest BCUT2D eigenvalue weighted by atomic mass is 10.1. The quantitative estimate of drug-likeness (QED) is 0.0563. The van der Waals surface area contributed by atoms with E-state index in [1.54, 1.807) is 6.07 Å². The van der Waals surface area contributed by atoms with Crippen molar-refractivity contribution >= 4 is 49.6 Å². The van der Waals surface area contributed by atoms with Gasteiger partial charge in [0.1, 0.15) is 0 Å². The van der Waals surface area contributed by atoms with Crippen LogP contribution < -0.4 is 4.90 Å². The van der Waals surface area contributed by atoms with Crippen molar-refractivity contribution in [3.8, 4) is 0 Å². The van der Waals surface area contributed by atoms with E-state index in [2.05, 4.69) is 28.6 Å². The van der Waals surface area contributed by atoms with E-state index in [9.17, 15) is 16.8 Å². The zero-order valence-electron chi connectivity index (χ0n) is 19.5. The van der Waals surface area contributed by atoms with E-state index in [-0.39, 0.29) is 18.0 Å². The van der Waals surface area contributed by atoms with Crippen molar-refractivity contribution in [1.82, 2.24) is 0 Å². The molecule has 0 saturated heterocycles. The Morgan fingerprint density at radius 3 is 2.41 bits per heavy atom. The van der Waals surface area contributed by atoms with Crippen LogP contribution in [0.1, 0.15) is 5.56 Å². The first kappa shape index (κ1) is 30.6. The molecule has 0 saturated carbocycles. The summed E-state index contributed by atoms with van der Waals surface area (Å²) >= 11 is 0.474. The van der Waals surface area contributed by atoms with Gasteiger partial charge in [0.25, 0.3) is 0 Å². The molecule has 0 aromatic heterocycles. The van der Waals surface area contributed by atoms with Crippen LogP contribution in [0.3, 0.4) is 0 Å². The minimum atomic E-state index is -4.72. The number of nitrogens with zero attached hydrogens (tertiary/aromatic N) is 4. The summed E-state index contributed by atoms with van der Waals surface area (Å²) in [5.74, 6) is -0.637. The van der Waals surface area contributed by atoms with Crippen molar-refractivity contribution in [2.45, 2.75) is 11.8 Å². The maximum atomic E-state index is 12.3. The molecule has 2 N–H and O–H groups in total. The number of hydrogen-bond acceptors (Lipinski definition) is 13. The molecule has 0 spiro atoms. The monoisotopic (exact) mass is 576 g/mol. The van der Waals surface area contributed by atoms with Gasteiger partial charge in [-0.05, 0) is 55.0 Å². The molecule has 0 bridgehead atoms. The molecule has 2 aromatic carbocycles. The predicted octanol–water partition coefficient (Wildman–Crippen LogP) is 3.73. The highest BCUT2D eigenvalue weighted by Gasteiger charge is 2.16. The predicted molar refractivity (Wildman–Crippen MR) is 133 cm³/mol. The minimum absolute atomic E-state index is 0.0664. The summed E-state index contributed by atoms with van der Waals surface area (Å²) in [5.41, 5.74) is 2.60.